The summed E-state index contributed by atoms with van der Waals surface area (Å²) < 4.78 is 11.3. The molecule has 2 unspecified atom stereocenters. The van der Waals surface area contributed by atoms with E-state index in [-0.39, 0.29) is 10.8 Å². The van der Waals surface area contributed by atoms with E-state index in [9.17, 15) is 0 Å². The lowest BCUT2D eigenvalue weighted by Crippen LogP contribution is -2.41. The predicted octanol–water partition coefficient (Wildman–Crippen LogP) is 3.99. The summed E-state index contributed by atoms with van der Waals surface area (Å²) in [6.45, 7) is 4.42. The van der Waals surface area contributed by atoms with Crippen LogP contribution >= 0.6 is 41.0 Å². The molecule has 10 heteroatoms. The zero-order chi connectivity index (χ0) is 18.8. The van der Waals surface area contributed by atoms with Crippen LogP contribution in [-0.2, 0) is 9.05 Å². The van der Waals surface area contributed by atoms with Crippen LogP contribution in [-0.4, -0.2) is 54.2 Å². The van der Waals surface area contributed by atoms with Gasteiger partial charge in [0.2, 0.25) is 0 Å². The molecule has 0 amide bonds. The Balaban J connectivity index is 1.84. The normalized spacial score (nSPS) is 22.0. The number of rotatable bonds is 10. The van der Waals surface area contributed by atoms with Crippen molar-refractivity contribution in [2.75, 3.05) is 34.2 Å². The molecule has 6 nitrogen and oxygen atoms in total. The van der Waals surface area contributed by atoms with Crippen molar-refractivity contribution in [2.45, 2.75) is 39.5 Å². The molecule has 2 atom stereocenters. The van der Waals surface area contributed by atoms with Gasteiger partial charge in [0.25, 0.3) is 0 Å². The van der Waals surface area contributed by atoms with Crippen LogP contribution in [0.25, 0.3) is 0 Å². The SMILES string of the molecule is COP(CP(NN(C)C(=S)C1(C)CC1)OC)NN(C)C(=S)C1(C)CC1. The third-order valence-corrected chi connectivity index (χ3v) is 10.4. The van der Waals surface area contributed by atoms with Gasteiger partial charge in [-0.15, -0.1) is 0 Å². The van der Waals surface area contributed by atoms with E-state index in [0.717, 1.165) is 41.6 Å². The highest BCUT2D eigenvalue weighted by atomic mass is 32.1. The van der Waals surface area contributed by atoms with E-state index in [2.05, 4.69) is 24.2 Å². The van der Waals surface area contributed by atoms with Gasteiger partial charge in [-0.2, -0.15) is 10.4 Å². The summed E-state index contributed by atoms with van der Waals surface area (Å²) in [5.74, 6) is 0.741. The Morgan fingerprint density at radius 3 is 1.44 bits per heavy atom. The Bertz CT molecular complexity index is 474. The van der Waals surface area contributed by atoms with Gasteiger partial charge < -0.3 is 9.05 Å². The molecular weight excluding hydrogens is 394 g/mol. The minimum absolute atomic E-state index is 0.169. The molecule has 0 radical (unpaired) electrons. The third-order valence-electron chi connectivity index (χ3n) is 4.86. The lowest BCUT2D eigenvalue weighted by Gasteiger charge is -2.32. The van der Waals surface area contributed by atoms with Crippen LogP contribution in [0.2, 0.25) is 0 Å². The molecule has 0 aliphatic heterocycles. The summed E-state index contributed by atoms with van der Waals surface area (Å²) >= 11 is 11.2. The molecule has 2 N–H and O–H groups in total. The number of hydrazine groups is 2. The smallest absolute Gasteiger partial charge is 0.127 e. The highest BCUT2D eigenvalue weighted by Crippen LogP contribution is 2.51. The average Bonchev–Trinajstić information content (AvgIpc) is 3.51. The van der Waals surface area contributed by atoms with Gasteiger partial charge in [0.15, 0.2) is 0 Å². The topological polar surface area (TPSA) is 49.0 Å². The van der Waals surface area contributed by atoms with Crippen molar-refractivity contribution >= 4 is 51.0 Å². The number of nitrogens with one attached hydrogen (secondary N) is 2. The molecule has 144 valence electrons. The molecule has 2 fully saturated rings. The molecule has 0 spiro atoms. The summed E-state index contributed by atoms with van der Waals surface area (Å²) in [6.07, 6.45) is 4.65. The van der Waals surface area contributed by atoms with Gasteiger partial charge in [-0.25, -0.2) is 0 Å². The first-order chi connectivity index (χ1) is 11.6. The second kappa shape index (κ2) is 8.66. The highest BCUT2D eigenvalue weighted by molar-refractivity contribution is 7.80. The van der Waals surface area contributed by atoms with Gasteiger partial charge >= 0.3 is 0 Å². The first-order valence-corrected chi connectivity index (χ1v) is 12.1. The summed E-state index contributed by atoms with van der Waals surface area (Å²) in [5.41, 5.74) is 0.338. The molecule has 0 aromatic rings. The van der Waals surface area contributed by atoms with E-state index in [1.807, 2.05) is 24.1 Å². The monoisotopic (exact) mass is 424 g/mol. The zero-order valence-electron chi connectivity index (χ0n) is 16.0. The predicted molar refractivity (Wildman–Crippen MR) is 114 cm³/mol. The first-order valence-electron chi connectivity index (χ1n) is 8.37. The Morgan fingerprint density at radius 1 is 0.880 bits per heavy atom. The summed E-state index contributed by atoms with van der Waals surface area (Å²) in [7, 11) is 5.58. The molecule has 2 saturated carbocycles. The van der Waals surface area contributed by atoms with Crippen LogP contribution in [0.4, 0.5) is 0 Å². The van der Waals surface area contributed by atoms with E-state index in [1.165, 1.54) is 0 Å². The molecule has 0 aromatic carbocycles. The Hall–Kier alpha value is 0.480. The lowest BCUT2D eigenvalue weighted by atomic mass is 10.1. The summed E-state index contributed by atoms with van der Waals surface area (Å²) in [5, 5.41) is 10.7. The lowest BCUT2D eigenvalue weighted by molar-refractivity contribution is 0.381. The van der Waals surface area contributed by atoms with Crippen molar-refractivity contribution in [1.29, 1.82) is 0 Å². The first kappa shape index (κ1) is 21.8. The van der Waals surface area contributed by atoms with Crippen LogP contribution in [0.3, 0.4) is 0 Å². The van der Waals surface area contributed by atoms with E-state index in [1.54, 1.807) is 14.2 Å². The molecule has 0 saturated heterocycles. The van der Waals surface area contributed by atoms with Gasteiger partial charge in [-0.1, -0.05) is 38.3 Å². The maximum absolute atomic E-state index is 5.66. The minimum Gasteiger partial charge on any atom is -0.345 e. The molecule has 0 bridgehead atoms. The number of thiocarbonyl (C=S) groups is 2. The van der Waals surface area contributed by atoms with Crippen molar-refractivity contribution in [3.63, 3.8) is 0 Å². The average molecular weight is 425 g/mol. The highest BCUT2D eigenvalue weighted by Gasteiger charge is 2.44. The van der Waals surface area contributed by atoms with Crippen molar-refractivity contribution in [3.05, 3.63) is 0 Å². The fraction of sp³-hybridized carbons (Fsp3) is 0.867. The fourth-order valence-electron chi connectivity index (χ4n) is 2.41. The quantitative estimate of drug-likeness (QED) is 0.310. The molecule has 0 aromatic heterocycles. The zero-order valence-corrected chi connectivity index (χ0v) is 19.4. The van der Waals surface area contributed by atoms with Crippen LogP contribution in [0.1, 0.15) is 39.5 Å². The van der Waals surface area contributed by atoms with E-state index in [0.29, 0.717) is 0 Å². The number of hydrogen-bond donors (Lipinski definition) is 2. The second-order valence-electron chi connectivity index (χ2n) is 7.31. The minimum atomic E-state index is -0.897. The number of hydrogen-bond acceptors (Lipinski definition) is 6. The van der Waals surface area contributed by atoms with Crippen LogP contribution in [0, 0.1) is 10.8 Å². The van der Waals surface area contributed by atoms with E-state index in [4.69, 9.17) is 33.5 Å². The molecule has 2 rings (SSSR count). The molecule has 25 heavy (non-hydrogen) atoms. The van der Waals surface area contributed by atoms with Crippen LogP contribution in [0.15, 0.2) is 0 Å². The maximum Gasteiger partial charge on any atom is 0.127 e. The van der Waals surface area contributed by atoms with E-state index < -0.39 is 16.6 Å². The molecule has 2 aliphatic carbocycles. The summed E-state index contributed by atoms with van der Waals surface area (Å²) in [4.78, 5) is 1.90. The van der Waals surface area contributed by atoms with Crippen molar-refractivity contribution in [2.24, 2.45) is 10.8 Å². The van der Waals surface area contributed by atoms with Crippen LogP contribution in [0.5, 0.6) is 0 Å². The van der Waals surface area contributed by atoms with Gasteiger partial charge in [-0.3, -0.25) is 10.0 Å². The van der Waals surface area contributed by atoms with Gasteiger partial charge in [0, 0.05) is 39.1 Å². The van der Waals surface area contributed by atoms with Crippen molar-refractivity contribution in [3.8, 4) is 0 Å². The van der Waals surface area contributed by atoms with E-state index >= 15 is 0 Å². The largest absolute Gasteiger partial charge is 0.345 e. The van der Waals surface area contributed by atoms with Crippen molar-refractivity contribution < 1.29 is 9.05 Å². The molecule has 2 aliphatic rings. The summed E-state index contributed by atoms with van der Waals surface area (Å²) in [6, 6.07) is 0. The van der Waals surface area contributed by atoms with Crippen LogP contribution < -0.4 is 10.4 Å². The Labute approximate surface area is 165 Å². The Kier molecular flexibility index (Phi) is 7.54. The standard InChI is InChI=1S/C15H30N4O2P2S2/c1-14(7-8-14)12(24)18(3)16-22(20-5)11-23(21-6)17-19(4)13(25)15(2)9-10-15/h16-17H,7-11H2,1-6H3. The fourth-order valence-corrected chi connectivity index (χ4v) is 6.45. The number of nitrogens with zero attached hydrogens (tertiary/aromatic N) is 2. The molecule has 0 heterocycles. The third kappa shape index (κ3) is 5.73. The van der Waals surface area contributed by atoms with Crippen molar-refractivity contribution in [1.82, 2.24) is 20.4 Å². The van der Waals surface area contributed by atoms with Gasteiger partial charge in [0.1, 0.15) is 16.6 Å². The second-order valence-corrected chi connectivity index (χ2v) is 11.9. The Morgan fingerprint density at radius 2 is 1.20 bits per heavy atom. The maximum atomic E-state index is 5.66. The van der Waals surface area contributed by atoms with Gasteiger partial charge in [0.05, 0.1) is 15.9 Å². The molecular formula is C15H30N4O2P2S2. The van der Waals surface area contributed by atoms with Gasteiger partial charge in [-0.05, 0) is 25.7 Å².